The van der Waals surface area contributed by atoms with Gasteiger partial charge in [-0.05, 0) is 32.4 Å². The van der Waals surface area contributed by atoms with E-state index in [0.29, 0.717) is 24.7 Å². The number of aryl methyl sites for hydroxylation is 2. The fraction of sp³-hybridized carbons (Fsp3) is 0.471. The fourth-order valence-electron chi connectivity index (χ4n) is 2.84. The maximum Gasteiger partial charge on any atom is 0.257 e. The molecular formula is C17H22N4O3. The molecule has 1 saturated heterocycles. The summed E-state index contributed by atoms with van der Waals surface area (Å²) in [5.41, 5.74) is 1.25. The molecule has 1 fully saturated rings. The summed E-state index contributed by atoms with van der Waals surface area (Å²) in [6.07, 6.45) is 4.09. The maximum atomic E-state index is 12.7. The number of hydrogen-bond acceptors (Lipinski definition) is 5. The number of rotatable bonds is 5. The van der Waals surface area contributed by atoms with Gasteiger partial charge in [0.2, 0.25) is 5.88 Å². The van der Waals surface area contributed by atoms with Crippen molar-refractivity contribution in [3.8, 4) is 5.88 Å². The van der Waals surface area contributed by atoms with E-state index >= 15 is 0 Å². The highest BCUT2D eigenvalue weighted by atomic mass is 16.5. The number of hydrogen-bond donors (Lipinski definition) is 1. The summed E-state index contributed by atoms with van der Waals surface area (Å²) in [4.78, 5) is 21.3. The number of aromatic nitrogens is 3. The van der Waals surface area contributed by atoms with Gasteiger partial charge in [0, 0.05) is 31.7 Å². The summed E-state index contributed by atoms with van der Waals surface area (Å²) in [7, 11) is 1.92. The van der Waals surface area contributed by atoms with E-state index in [1.807, 2.05) is 31.7 Å². The molecule has 24 heavy (non-hydrogen) atoms. The summed E-state index contributed by atoms with van der Waals surface area (Å²) in [5, 5.41) is 3.04. The van der Waals surface area contributed by atoms with Gasteiger partial charge in [0.15, 0.2) is 0 Å². The minimum absolute atomic E-state index is 0.130. The van der Waals surface area contributed by atoms with Gasteiger partial charge in [-0.15, -0.1) is 0 Å². The molecule has 0 unspecified atom stereocenters. The van der Waals surface area contributed by atoms with Gasteiger partial charge in [0.25, 0.3) is 5.91 Å². The lowest BCUT2D eigenvalue weighted by atomic mass is 10.1. The first-order chi connectivity index (χ1) is 11.6. The SMILES string of the molecule is CCOc1nc(C)ccc1C(=O)N[C@H]1CCO[C@@H]1c1nccn1C. The standard InChI is InChI=1S/C17H22N4O3/c1-4-23-17-12(6-5-11(2)19-17)16(22)20-13-7-10-24-14(13)15-18-8-9-21(15)3/h5-6,8-9,13-14H,4,7,10H2,1-3H3,(H,20,22)/t13-,14-/m0/s1. The Hall–Kier alpha value is -2.41. The number of amides is 1. The normalized spacial score (nSPS) is 20.1. The van der Waals surface area contributed by atoms with E-state index in [2.05, 4.69) is 15.3 Å². The van der Waals surface area contributed by atoms with Gasteiger partial charge >= 0.3 is 0 Å². The molecule has 1 N–H and O–H groups in total. The lowest BCUT2D eigenvalue weighted by Crippen LogP contribution is -2.37. The van der Waals surface area contributed by atoms with Crippen LogP contribution in [0.5, 0.6) is 5.88 Å². The van der Waals surface area contributed by atoms with Gasteiger partial charge in [-0.3, -0.25) is 4.79 Å². The topological polar surface area (TPSA) is 78.3 Å². The zero-order chi connectivity index (χ0) is 17.1. The molecule has 3 heterocycles. The Kier molecular flexibility index (Phi) is 4.80. The highest BCUT2D eigenvalue weighted by Crippen LogP contribution is 2.28. The van der Waals surface area contributed by atoms with Crippen LogP contribution in [0.4, 0.5) is 0 Å². The summed E-state index contributed by atoms with van der Waals surface area (Å²) in [5.74, 6) is 0.966. The molecule has 1 aliphatic rings. The van der Waals surface area contributed by atoms with Crippen molar-refractivity contribution < 1.29 is 14.3 Å². The highest BCUT2D eigenvalue weighted by Gasteiger charge is 2.34. The maximum absolute atomic E-state index is 12.7. The van der Waals surface area contributed by atoms with E-state index < -0.39 is 0 Å². The molecule has 2 atom stereocenters. The number of pyridine rings is 1. The highest BCUT2D eigenvalue weighted by molar-refractivity contribution is 5.96. The van der Waals surface area contributed by atoms with Gasteiger partial charge < -0.3 is 19.4 Å². The van der Waals surface area contributed by atoms with E-state index in [0.717, 1.165) is 17.9 Å². The fourth-order valence-corrected chi connectivity index (χ4v) is 2.84. The third-order valence-electron chi connectivity index (χ3n) is 4.05. The van der Waals surface area contributed by atoms with Gasteiger partial charge in [0.1, 0.15) is 17.5 Å². The van der Waals surface area contributed by atoms with Crippen LogP contribution in [0.25, 0.3) is 0 Å². The minimum Gasteiger partial charge on any atom is -0.477 e. The van der Waals surface area contributed by atoms with Crippen LogP contribution >= 0.6 is 0 Å². The first kappa shape index (κ1) is 16.4. The average Bonchev–Trinajstić information content (AvgIpc) is 3.16. The first-order valence-electron chi connectivity index (χ1n) is 8.10. The zero-order valence-electron chi connectivity index (χ0n) is 14.2. The van der Waals surface area contributed by atoms with Crippen LogP contribution in [0.1, 0.15) is 41.3 Å². The number of imidazole rings is 1. The smallest absolute Gasteiger partial charge is 0.257 e. The average molecular weight is 330 g/mol. The van der Waals surface area contributed by atoms with E-state index in [1.165, 1.54) is 0 Å². The molecule has 0 radical (unpaired) electrons. The van der Waals surface area contributed by atoms with E-state index in [9.17, 15) is 4.79 Å². The van der Waals surface area contributed by atoms with E-state index in [-0.39, 0.29) is 18.1 Å². The van der Waals surface area contributed by atoms with Crippen molar-refractivity contribution in [1.29, 1.82) is 0 Å². The van der Waals surface area contributed by atoms with Crippen LogP contribution < -0.4 is 10.1 Å². The summed E-state index contributed by atoms with van der Waals surface area (Å²) >= 11 is 0. The summed E-state index contributed by atoms with van der Waals surface area (Å²) < 4.78 is 13.2. The van der Waals surface area contributed by atoms with Crippen molar-refractivity contribution >= 4 is 5.91 Å². The minimum atomic E-state index is -0.247. The molecule has 7 nitrogen and oxygen atoms in total. The van der Waals surface area contributed by atoms with Crippen LogP contribution in [0.15, 0.2) is 24.5 Å². The molecule has 0 aliphatic carbocycles. The Balaban J connectivity index is 1.78. The molecule has 1 aliphatic heterocycles. The van der Waals surface area contributed by atoms with Gasteiger partial charge in [-0.25, -0.2) is 9.97 Å². The Morgan fingerprint density at radius 1 is 1.50 bits per heavy atom. The second-order valence-corrected chi connectivity index (χ2v) is 5.79. The van der Waals surface area contributed by atoms with Gasteiger partial charge in [-0.2, -0.15) is 0 Å². The second kappa shape index (κ2) is 7.00. The monoisotopic (exact) mass is 330 g/mol. The molecular weight excluding hydrogens is 308 g/mol. The van der Waals surface area contributed by atoms with Crippen molar-refractivity contribution in [3.05, 3.63) is 41.6 Å². The molecule has 0 aromatic carbocycles. The Morgan fingerprint density at radius 3 is 3.04 bits per heavy atom. The van der Waals surface area contributed by atoms with Crippen LogP contribution in [-0.2, 0) is 11.8 Å². The molecule has 7 heteroatoms. The largest absolute Gasteiger partial charge is 0.477 e. The predicted molar refractivity (Wildman–Crippen MR) is 87.9 cm³/mol. The molecule has 2 aromatic rings. The van der Waals surface area contributed by atoms with Crippen LogP contribution in [0.2, 0.25) is 0 Å². The van der Waals surface area contributed by atoms with Crippen LogP contribution in [-0.4, -0.2) is 39.7 Å². The van der Waals surface area contributed by atoms with Crippen molar-refractivity contribution in [2.45, 2.75) is 32.4 Å². The molecule has 128 valence electrons. The van der Waals surface area contributed by atoms with Gasteiger partial charge in [0.05, 0.1) is 12.6 Å². The number of carbonyl (C=O) groups is 1. The molecule has 1 amide bonds. The Bertz CT molecular complexity index is 728. The second-order valence-electron chi connectivity index (χ2n) is 5.79. The Morgan fingerprint density at radius 2 is 2.33 bits per heavy atom. The Labute approximate surface area is 141 Å². The molecule has 3 rings (SSSR count). The van der Waals surface area contributed by atoms with Crippen LogP contribution in [0.3, 0.4) is 0 Å². The number of carbonyl (C=O) groups excluding carboxylic acids is 1. The molecule has 0 spiro atoms. The van der Waals surface area contributed by atoms with Crippen molar-refractivity contribution in [3.63, 3.8) is 0 Å². The zero-order valence-corrected chi connectivity index (χ0v) is 14.2. The van der Waals surface area contributed by atoms with Gasteiger partial charge in [-0.1, -0.05) is 0 Å². The van der Waals surface area contributed by atoms with Crippen molar-refractivity contribution in [1.82, 2.24) is 19.9 Å². The third kappa shape index (κ3) is 3.26. The molecule has 2 aromatic heterocycles. The summed E-state index contributed by atoms with van der Waals surface area (Å²) in [6, 6.07) is 3.42. The van der Waals surface area contributed by atoms with Crippen molar-refractivity contribution in [2.75, 3.05) is 13.2 Å². The lowest BCUT2D eigenvalue weighted by Gasteiger charge is -2.20. The summed E-state index contributed by atoms with van der Waals surface area (Å²) in [6.45, 7) is 4.78. The molecule has 0 bridgehead atoms. The van der Waals surface area contributed by atoms with E-state index in [1.54, 1.807) is 18.3 Å². The molecule has 0 saturated carbocycles. The van der Waals surface area contributed by atoms with Crippen LogP contribution in [0, 0.1) is 6.92 Å². The van der Waals surface area contributed by atoms with E-state index in [4.69, 9.17) is 9.47 Å². The predicted octanol–water partition coefficient (Wildman–Crippen LogP) is 1.78. The lowest BCUT2D eigenvalue weighted by molar-refractivity contribution is 0.0776. The quantitative estimate of drug-likeness (QED) is 0.904. The number of nitrogens with zero attached hydrogens (tertiary/aromatic N) is 3. The third-order valence-corrected chi connectivity index (χ3v) is 4.05. The first-order valence-corrected chi connectivity index (χ1v) is 8.10. The number of ether oxygens (including phenoxy) is 2. The number of nitrogens with one attached hydrogen (secondary N) is 1. The van der Waals surface area contributed by atoms with Crippen molar-refractivity contribution in [2.24, 2.45) is 7.05 Å².